The number of ether oxygens (including phenoxy) is 2. The first-order chi connectivity index (χ1) is 9.20. The molecule has 2 aliphatic heterocycles. The van der Waals surface area contributed by atoms with Gasteiger partial charge in [0.1, 0.15) is 13.2 Å². The molecule has 2 atom stereocenters. The van der Waals surface area contributed by atoms with E-state index in [1.165, 1.54) is 0 Å². The molecule has 0 bridgehead atoms. The lowest BCUT2D eigenvalue weighted by molar-refractivity contribution is 0.171. The van der Waals surface area contributed by atoms with Gasteiger partial charge in [-0.25, -0.2) is 0 Å². The normalized spacial score (nSPS) is 25.7. The Morgan fingerprint density at radius 1 is 1.21 bits per heavy atom. The molecular formula is C14H18N2O2S. The highest BCUT2D eigenvalue weighted by Gasteiger charge is 2.19. The molecule has 102 valence electrons. The van der Waals surface area contributed by atoms with Gasteiger partial charge in [-0.1, -0.05) is 18.7 Å². The lowest BCUT2D eigenvalue weighted by Gasteiger charge is -2.24. The van der Waals surface area contributed by atoms with E-state index >= 15 is 0 Å². The van der Waals surface area contributed by atoms with Crippen LogP contribution in [0.5, 0.6) is 11.5 Å². The minimum Gasteiger partial charge on any atom is -0.486 e. The third-order valence-corrected chi connectivity index (χ3v) is 4.14. The number of nitrogens with one attached hydrogen (secondary N) is 1. The molecule has 0 amide bonds. The highest BCUT2D eigenvalue weighted by molar-refractivity contribution is 8.14. The van der Waals surface area contributed by atoms with E-state index in [0.717, 1.165) is 28.8 Å². The Morgan fingerprint density at radius 3 is 2.79 bits per heavy atom. The summed E-state index contributed by atoms with van der Waals surface area (Å²) in [7, 11) is 0. The summed E-state index contributed by atoms with van der Waals surface area (Å²) in [6.45, 7) is 5.63. The van der Waals surface area contributed by atoms with Crippen molar-refractivity contribution in [3.8, 4) is 11.5 Å². The summed E-state index contributed by atoms with van der Waals surface area (Å²) in [6.07, 6.45) is 1.14. The summed E-state index contributed by atoms with van der Waals surface area (Å²) in [4.78, 5) is 4.64. The van der Waals surface area contributed by atoms with Crippen molar-refractivity contribution >= 4 is 22.6 Å². The lowest BCUT2D eigenvalue weighted by atomic mass is 10.2. The molecule has 0 saturated heterocycles. The second kappa shape index (κ2) is 5.33. The van der Waals surface area contributed by atoms with Crippen molar-refractivity contribution in [1.29, 1.82) is 0 Å². The van der Waals surface area contributed by atoms with Crippen LogP contribution in [0.1, 0.15) is 20.3 Å². The molecule has 19 heavy (non-hydrogen) atoms. The van der Waals surface area contributed by atoms with Crippen molar-refractivity contribution in [2.75, 3.05) is 18.5 Å². The van der Waals surface area contributed by atoms with Crippen LogP contribution < -0.4 is 14.8 Å². The maximum Gasteiger partial charge on any atom is 0.163 e. The Bertz CT molecular complexity index is 504. The molecule has 3 rings (SSSR count). The molecule has 4 nitrogen and oxygen atoms in total. The molecule has 0 fully saturated rings. The molecule has 0 aliphatic carbocycles. The number of fused-ring (bicyclic) bond motifs is 1. The fourth-order valence-corrected chi connectivity index (χ4v) is 3.48. The number of rotatable bonds is 1. The van der Waals surface area contributed by atoms with Crippen molar-refractivity contribution in [2.45, 2.75) is 31.6 Å². The third-order valence-electron chi connectivity index (χ3n) is 3.12. The molecule has 1 aromatic rings. The van der Waals surface area contributed by atoms with Gasteiger partial charge < -0.3 is 14.8 Å². The van der Waals surface area contributed by atoms with Gasteiger partial charge in [0.2, 0.25) is 0 Å². The van der Waals surface area contributed by atoms with Gasteiger partial charge in [-0.2, -0.15) is 0 Å². The summed E-state index contributed by atoms with van der Waals surface area (Å²) in [5.74, 6) is 1.62. The second-order valence-electron chi connectivity index (χ2n) is 4.93. The smallest absolute Gasteiger partial charge is 0.163 e. The fraction of sp³-hybridized carbons (Fsp3) is 0.500. The number of hydrogen-bond donors (Lipinski definition) is 1. The maximum atomic E-state index is 5.58. The van der Waals surface area contributed by atoms with Crippen molar-refractivity contribution < 1.29 is 9.47 Å². The monoisotopic (exact) mass is 278 g/mol. The Labute approximate surface area is 117 Å². The van der Waals surface area contributed by atoms with Crippen LogP contribution in [-0.2, 0) is 0 Å². The highest BCUT2D eigenvalue weighted by Crippen LogP contribution is 2.33. The van der Waals surface area contributed by atoms with Crippen LogP contribution >= 0.6 is 11.8 Å². The summed E-state index contributed by atoms with van der Waals surface area (Å²) in [6, 6.07) is 6.30. The number of amidine groups is 1. The molecule has 0 aromatic heterocycles. The highest BCUT2D eigenvalue weighted by atomic mass is 32.2. The van der Waals surface area contributed by atoms with Gasteiger partial charge in [-0.15, -0.1) is 0 Å². The van der Waals surface area contributed by atoms with E-state index in [1.807, 2.05) is 18.2 Å². The van der Waals surface area contributed by atoms with Crippen LogP contribution in [0.3, 0.4) is 0 Å². The van der Waals surface area contributed by atoms with Crippen LogP contribution in [0, 0.1) is 0 Å². The quantitative estimate of drug-likeness (QED) is 0.857. The molecule has 2 heterocycles. The van der Waals surface area contributed by atoms with E-state index in [-0.39, 0.29) is 0 Å². The standard InChI is InChI=1S/C14H18N2O2S/c1-9-7-10(2)19-14(15-9)16-11-3-4-12-13(8-11)18-6-5-17-12/h3-4,8-10H,5-7H2,1-2H3,(H,15,16). The third kappa shape index (κ3) is 2.97. The first-order valence-corrected chi connectivity index (χ1v) is 7.50. The first kappa shape index (κ1) is 12.7. The van der Waals surface area contributed by atoms with Crippen molar-refractivity contribution in [2.24, 2.45) is 4.99 Å². The van der Waals surface area contributed by atoms with Crippen LogP contribution in [0.2, 0.25) is 0 Å². The maximum absolute atomic E-state index is 5.58. The summed E-state index contributed by atoms with van der Waals surface area (Å²) in [5, 5.41) is 4.96. The molecular weight excluding hydrogens is 260 g/mol. The number of nitrogens with zero attached hydrogens (tertiary/aromatic N) is 1. The van der Waals surface area contributed by atoms with E-state index in [9.17, 15) is 0 Å². The molecule has 1 N–H and O–H groups in total. The zero-order valence-electron chi connectivity index (χ0n) is 11.2. The SMILES string of the molecule is CC1CC(C)SC(Nc2ccc3c(c2)OCCO3)=N1. The topological polar surface area (TPSA) is 42.8 Å². The summed E-state index contributed by atoms with van der Waals surface area (Å²) >= 11 is 1.79. The summed E-state index contributed by atoms with van der Waals surface area (Å²) in [5.41, 5.74) is 0.997. The van der Waals surface area contributed by atoms with Gasteiger partial charge in [-0.05, 0) is 25.5 Å². The van der Waals surface area contributed by atoms with Gasteiger partial charge >= 0.3 is 0 Å². The van der Waals surface area contributed by atoms with Crippen LogP contribution in [-0.4, -0.2) is 29.7 Å². The van der Waals surface area contributed by atoms with Crippen molar-refractivity contribution in [3.63, 3.8) is 0 Å². The number of hydrogen-bond acceptors (Lipinski definition) is 5. The molecule has 2 unspecified atom stereocenters. The van der Waals surface area contributed by atoms with Gasteiger partial charge in [0.15, 0.2) is 16.7 Å². The Morgan fingerprint density at radius 2 is 2.00 bits per heavy atom. The molecule has 0 saturated carbocycles. The van der Waals surface area contributed by atoms with E-state index < -0.39 is 0 Å². The molecule has 1 aromatic carbocycles. The average Bonchev–Trinajstić information content (AvgIpc) is 2.37. The zero-order chi connectivity index (χ0) is 13.2. The second-order valence-corrected chi connectivity index (χ2v) is 6.36. The Balaban J connectivity index is 1.76. The minimum atomic E-state index is 0.385. The van der Waals surface area contributed by atoms with Crippen molar-refractivity contribution in [3.05, 3.63) is 18.2 Å². The zero-order valence-corrected chi connectivity index (χ0v) is 12.0. The number of thioether (sulfide) groups is 1. The number of benzene rings is 1. The van der Waals surface area contributed by atoms with Crippen molar-refractivity contribution in [1.82, 2.24) is 0 Å². The van der Waals surface area contributed by atoms with E-state index in [1.54, 1.807) is 11.8 Å². The fourth-order valence-electron chi connectivity index (χ4n) is 2.31. The first-order valence-electron chi connectivity index (χ1n) is 6.62. The minimum absolute atomic E-state index is 0.385. The average molecular weight is 278 g/mol. The van der Waals surface area contributed by atoms with Gasteiger partial charge in [-0.3, -0.25) is 4.99 Å². The Kier molecular flexibility index (Phi) is 3.55. The van der Waals surface area contributed by atoms with E-state index in [4.69, 9.17) is 9.47 Å². The predicted molar refractivity (Wildman–Crippen MR) is 79.6 cm³/mol. The molecule has 0 radical (unpaired) electrons. The van der Waals surface area contributed by atoms with Crippen LogP contribution in [0.25, 0.3) is 0 Å². The van der Waals surface area contributed by atoms with Gasteiger partial charge in [0.25, 0.3) is 0 Å². The molecule has 2 aliphatic rings. The predicted octanol–water partition coefficient (Wildman–Crippen LogP) is 3.14. The largest absolute Gasteiger partial charge is 0.486 e. The number of aliphatic imine (C=N–C) groups is 1. The molecule has 0 spiro atoms. The van der Waals surface area contributed by atoms with Crippen LogP contribution in [0.4, 0.5) is 5.69 Å². The number of anilines is 1. The van der Waals surface area contributed by atoms with Gasteiger partial charge in [0.05, 0.1) is 6.04 Å². The van der Waals surface area contributed by atoms with E-state index in [0.29, 0.717) is 24.5 Å². The van der Waals surface area contributed by atoms with E-state index in [2.05, 4.69) is 24.2 Å². The molecule has 5 heteroatoms. The van der Waals surface area contributed by atoms with Gasteiger partial charge in [0, 0.05) is 17.0 Å². The summed E-state index contributed by atoms with van der Waals surface area (Å²) < 4.78 is 11.1. The Hall–Kier alpha value is -1.36. The lowest BCUT2D eigenvalue weighted by Crippen LogP contribution is -2.22. The van der Waals surface area contributed by atoms with Crippen LogP contribution in [0.15, 0.2) is 23.2 Å².